The fourth-order valence-electron chi connectivity index (χ4n) is 1.54. The summed E-state index contributed by atoms with van der Waals surface area (Å²) in [5.41, 5.74) is 0. The molecule has 2 rings (SSSR count). The van der Waals surface area contributed by atoms with Crippen molar-refractivity contribution >= 4 is 17.7 Å². The number of carbonyl (C=O) groups excluding carboxylic acids is 1. The third kappa shape index (κ3) is 4.12. The molecule has 0 saturated heterocycles. The van der Waals surface area contributed by atoms with Crippen LogP contribution in [0.4, 0.5) is 0 Å². The van der Waals surface area contributed by atoms with Crippen LogP contribution in [0.25, 0.3) is 11.7 Å². The second-order valence-corrected chi connectivity index (χ2v) is 5.54. The van der Waals surface area contributed by atoms with Gasteiger partial charge in [0, 0.05) is 5.25 Å². The van der Waals surface area contributed by atoms with Crippen molar-refractivity contribution in [2.24, 2.45) is 0 Å². The number of nitrogens with zero attached hydrogens (tertiary/aromatic N) is 2. The van der Waals surface area contributed by atoms with E-state index in [-0.39, 0.29) is 11.2 Å². The van der Waals surface area contributed by atoms with Gasteiger partial charge in [0.25, 0.3) is 5.89 Å². The number of furan rings is 1. The molecule has 2 aromatic heterocycles. The number of carbonyl (C=O) groups is 1. The zero-order valence-corrected chi connectivity index (χ0v) is 12.2. The second-order valence-electron chi connectivity index (χ2n) is 4.11. The lowest BCUT2D eigenvalue weighted by Gasteiger charge is -2.08. The highest BCUT2D eigenvalue weighted by Gasteiger charge is 2.14. The number of thioether (sulfide) groups is 1. The van der Waals surface area contributed by atoms with Crippen molar-refractivity contribution in [1.82, 2.24) is 10.2 Å². The maximum Gasteiger partial charge on any atom is 0.306 e. The van der Waals surface area contributed by atoms with E-state index >= 15 is 0 Å². The molecule has 0 aliphatic carbocycles. The molecule has 0 fully saturated rings. The van der Waals surface area contributed by atoms with Crippen LogP contribution in [0, 0.1) is 0 Å². The Bertz CT molecular complexity index is 538. The molecule has 0 aliphatic rings. The first kappa shape index (κ1) is 14.6. The Hall–Kier alpha value is -1.76. The van der Waals surface area contributed by atoms with Crippen molar-refractivity contribution in [3.63, 3.8) is 0 Å². The normalized spacial score (nSPS) is 12.3. The molecule has 1 unspecified atom stereocenters. The van der Waals surface area contributed by atoms with Crippen LogP contribution in [0.5, 0.6) is 0 Å². The van der Waals surface area contributed by atoms with Gasteiger partial charge in [0.15, 0.2) is 5.76 Å². The first-order valence-corrected chi connectivity index (χ1v) is 7.37. The average Bonchev–Trinajstić information content (AvgIpc) is 3.07. The van der Waals surface area contributed by atoms with E-state index in [2.05, 4.69) is 10.2 Å². The lowest BCUT2D eigenvalue weighted by Crippen LogP contribution is -2.10. The van der Waals surface area contributed by atoms with Crippen LogP contribution in [0.15, 0.2) is 27.2 Å². The quantitative estimate of drug-likeness (QED) is 0.727. The van der Waals surface area contributed by atoms with E-state index in [1.807, 2.05) is 6.92 Å². The lowest BCUT2D eigenvalue weighted by atomic mass is 10.3. The van der Waals surface area contributed by atoms with E-state index in [0.29, 0.717) is 36.3 Å². The molecule has 0 aliphatic heterocycles. The van der Waals surface area contributed by atoms with Gasteiger partial charge in [0.05, 0.1) is 25.0 Å². The largest absolute Gasteiger partial charge is 0.466 e. The molecule has 0 saturated carbocycles. The van der Waals surface area contributed by atoms with Gasteiger partial charge in [0.1, 0.15) is 0 Å². The maximum atomic E-state index is 11.3. The van der Waals surface area contributed by atoms with Crippen molar-refractivity contribution < 1.29 is 18.4 Å². The predicted molar refractivity (Wildman–Crippen MR) is 74.0 cm³/mol. The Labute approximate surface area is 120 Å². The Balaban J connectivity index is 1.81. The van der Waals surface area contributed by atoms with E-state index < -0.39 is 0 Å². The van der Waals surface area contributed by atoms with Gasteiger partial charge >= 0.3 is 5.97 Å². The highest BCUT2D eigenvalue weighted by Crippen LogP contribution is 2.23. The zero-order valence-electron chi connectivity index (χ0n) is 11.4. The van der Waals surface area contributed by atoms with E-state index in [9.17, 15) is 4.79 Å². The van der Waals surface area contributed by atoms with Gasteiger partial charge in [-0.2, -0.15) is 0 Å². The summed E-state index contributed by atoms with van der Waals surface area (Å²) in [5, 5.41) is 7.99. The van der Waals surface area contributed by atoms with Gasteiger partial charge in [-0.15, -0.1) is 22.0 Å². The van der Waals surface area contributed by atoms with Crippen molar-refractivity contribution in [2.45, 2.75) is 31.3 Å². The Kier molecular flexibility index (Phi) is 5.23. The third-order valence-electron chi connectivity index (χ3n) is 2.45. The van der Waals surface area contributed by atoms with E-state index in [4.69, 9.17) is 13.6 Å². The molecule has 0 N–H and O–H groups in total. The first-order valence-electron chi connectivity index (χ1n) is 6.32. The molecule has 0 amide bonds. The summed E-state index contributed by atoms with van der Waals surface area (Å²) in [6.45, 7) is 4.17. The molecule has 7 heteroatoms. The van der Waals surface area contributed by atoms with Gasteiger partial charge in [-0.1, -0.05) is 6.92 Å². The molecule has 20 heavy (non-hydrogen) atoms. The van der Waals surface area contributed by atoms with Gasteiger partial charge in [-0.3, -0.25) is 4.79 Å². The van der Waals surface area contributed by atoms with Crippen molar-refractivity contribution in [3.05, 3.63) is 24.3 Å². The highest BCUT2D eigenvalue weighted by atomic mass is 32.2. The highest BCUT2D eigenvalue weighted by molar-refractivity contribution is 7.99. The molecule has 2 aromatic rings. The maximum absolute atomic E-state index is 11.3. The summed E-state index contributed by atoms with van der Waals surface area (Å²) in [7, 11) is 0. The van der Waals surface area contributed by atoms with E-state index in [0.717, 1.165) is 0 Å². The monoisotopic (exact) mass is 296 g/mol. The Morgan fingerprint density at radius 1 is 1.50 bits per heavy atom. The molecule has 0 spiro atoms. The summed E-state index contributed by atoms with van der Waals surface area (Å²) in [6.07, 6.45) is 1.92. The van der Waals surface area contributed by atoms with Crippen LogP contribution in [0.3, 0.4) is 0 Å². The van der Waals surface area contributed by atoms with Crippen LogP contribution < -0.4 is 0 Å². The van der Waals surface area contributed by atoms with Crippen molar-refractivity contribution in [2.75, 3.05) is 6.61 Å². The smallest absolute Gasteiger partial charge is 0.306 e. The minimum absolute atomic E-state index is 0.132. The number of rotatable bonds is 7. The number of hydrogen-bond acceptors (Lipinski definition) is 7. The molecule has 2 heterocycles. The molecular formula is C13H16N2O4S. The third-order valence-corrected chi connectivity index (χ3v) is 3.60. The Morgan fingerprint density at radius 3 is 3.05 bits per heavy atom. The minimum atomic E-state index is -0.186. The Morgan fingerprint density at radius 2 is 2.35 bits per heavy atom. The molecule has 0 aromatic carbocycles. The molecule has 1 atom stereocenters. The minimum Gasteiger partial charge on any atom is -0.466 e. The van der Waals surface area contributed by atoms with Crippen LogP contribution in [-0.2, 0) is 15.3 Å². The number of ether oxygens (including phenoxy) is 1. The van der Waals surface area contributed by atoms with E-state index in [1.54, 1.807) is 37.1 Å². The topological polar surface area (TPSA) is 78.4 Å². The summed E-state index contributed by atoms with van der Waals surface area (Å²) in [6, 6.07) is 3.52. The summed E-state index contributed by atoms with van der Waals surface area (Å²) >= 11 is 1.57. The van der Waals surface area contributed by atoms with Crippen molar-refractivity contribution in [1.29, 1.82) is 0 Å². The molecule has 108 valence electrons. The second kappa shape index (κ2) is 7.14. The van der Waals surface area contributed by atoms with Gasteiger partial charge in [-0.25, -0.2) is 0 Å². The van der Waals surface area contributed by atoms with Crippen molar-refractivity contribution in [3.8, 4) is 11.7 Å². The number of hydrogen-bond donors (Lipinski definition) is 0. The SMILES string of the molecule is CCOC(=O)CC(C)SCc1nnc(-c2ccco2)o1. The molecule has 0 radical (unpaired) electrons. The number of esters is 1. The van der Waals surface area contributed by atoms with Crippen LogP contribution in [0.2, 0.25) is 0 Å². The fraction of sp³-hybridized carbons (Fsp3) is 0.462. The van der Waals surface area contributed by atoms with Crippen LogP contribution in [0.1, 0.15) is 26.2 Å². The average molecular weight is 296 g/mol. The molecule has 0 bridgehead atoms. The predicted octanol–water partition coefficient (Wildman–Crippen LogP) is 2.90. The first-order chi connectivity index (χ1) is 9.69. The van der Waals surface area contributed by atoms with Gasteiger partial charge in [0.2, 0.25) is 5.89 Å². The van der Waals surface area contributed by atoms with E-state index in [1.165, 1.54) is 0 Å². The molecule has 6 nitrogen and oxygen atoms in total. The lowest BCUT2D eigenvalue weighted by molar-refractivity contribution is -0.142. The summed E-state index contributed by atoms with van der Waals surface area (Å²) in [5.74, 6) is 1.79. The van der Waals surface area contributed by atoms with Gasteiger partial charge < -0.3 is 13.6 Å². The fourth-order valence-corrected chi connectivity index (χ4v) is 2.34. The summed E-state index contributed by atoms with van der Waals surface area (Å²) in [4.78, 5) is 11.3. The summed E-state index contributed by atoms with van der Waals surface area (Å²) < 4.78 is 15.6. The molecular weight excluding hydrogens is 280 g/mol. The standard InChI is InChI=1S/C13H16N2O4S/c1-3-17-12(16)7-9(2)20-8-11-14-15-13(19-11)10-5-4-6-18-10/h4-6,9H,3,7-8H2,1-2H3. The van der Waals surface area contributed by atoms with Gasteiger partial charge in [-0.05, 0) is 19.1 Å². The van der Waals surface area contributed by atoms with Crippen LogP contribution >= 0.6 is 11.8 Å². The van der Waals surface area contributed by atoms with Crippen LogP contribution in [-0.4, -0.2) is 28.0 Å². The number of aromatic nitrogens is 2. The zero-order chi connectivity index (χ0) is 14.4.